The van der Waals surface area contributed by atoms with Gasteiger partial charge >= 0.3 is 0 Å². The summed E-state index contributed by atoms with van der Waals surface area (Å²) in [5, 5.41) is 7.00. The Morgan fingerprint density at radius 3 is 1.00 bits per heavy atom. The lowest BCUT2D eigenvalue weighted by atomic mass is 9.59. The van der Waals surface area contributed by atoms with Crippen molar-refractivity contribution in [3.63, 3.8) is 0 Å². The van der Waals surface area contributed by atoms with Crippen molar-refractivity contribution in [2.75, 3.05) is 62.7 Å². The first-order valence-electron chi connectivity index (χ1n) is 24.0. The Morgan fingerprint density at radius 2 is 0.716 bits per heavy atom. The topological polar surface area (TPSA) is 166 Å². The summed E-state index contributed by atoms with van der Waals surface area (Å²) >= 11 is 0. The Hall–Kier alpha value is -7.72. The van der Waals surface area contributed by atoms with Gasteiger partial charge in [0.25, 0.3) is 0 Å². The summed E-state index contributed by atoms with van der Waals surface area (Å²) in [6, 6.07) is 32.2. The largest absolute Gasteiger partial charge is 0.493 e. The molecule has 1 N–H and O–H groups in total. The van der Waals surface area contributed by atoms with E-state index in [2.05, 4.69) is 0 Å². The molecule has 6 aliphatic rings. The highest BCUT2D eigenvalue weighted by molar-refractivity contribution is 6.37. The molecule has 2 fully saturated rings. The maximum Gasteiger partial charge on any atom is 0.192 e. The van der Waals surface area contributed by atoms with Crippen LogP contribution in [0.1, 0.15) is 96.2 Å². The monoisotopic (exact) mass is 1000 g/mol. The van der Waals surface area contributed by atoms with E-state index in [0.717, 1.165) is 7.11 Å². The summed E-state index contributed by atoms with van der Waals surface area (Å²) in [6.07, 6.45) is 0.332. The Kier molecular flexibility index (Phi) is 12.1. The van der Waals surface area contributed by atoms with E-state index in [4.69, 9.17) is 24.1 Å². The molecule has 0 amide bonds. The second-order valence-corrected chi connectivity index (χ2v) is 19.5. The summed E-state index contributed by atoms with van der Waals surface area (Å²) in [6.45, 7) is 0.566. The lowest BCUT2D eigenvalue weighted by Gasteiger charge is -2.42. The summed E-state index contributed by atoms with van der Waals surface area (Å²) in [5.41, 5.74) is -1.37. The number of likely N-dealkylation sites (N-methyl/N-ethyl adjacent to an activating group) is 2. The van der Waals surface area contributed by atoms with Crippen LogP contribution in [0.15, 0.2) is 121 Å². The highest BCUT2D eigenvalue weighted by atomic mass is 19.1. The minimum absolute atomic E-state index is 0.166. The molecule has 6 aromatic carbocycles. The van der Waals surface area contributed by atoms with Crippen LogP contribution in [-0.2, 0) is 12.8 Å². The number of ether oxygens (including phenoxy) is 4. The minimum Gasteiger partial charge on any atom is -0.493 e. The summed E-state index contributed by atoms with van der Waals surface area (Å²) < 4.78 is 49.6. The number of ketones is 6. The molecule has 0 aromatic heterocycles. The number of aliphatic hydroxyl groups excluding tert-OH is 1. The van der Waals surface area contributed by atoms with Gasteiger partial charge in [-0.3, -0.25) is 38.6 Å². The summed E-state index contributed by atoms with van der Waals surface area (Å²) in [7, 11) is 10.5. The minimum atomic E-state index is -1.72. The Balaban J connectivity index is 0.000000164. The SMILES string of the molecule is CO.COc1cc2c(cc1OC)C(=O)[C@]1(C2)[C@@H](c2ccc(F)cc2)CN(C)C12C(=O)c1ccccc1C2=O.COc1cc2c(cc1OC)C(=O)[C@]1(C2)[C@@H](c2ccc(F)cc2)CN(C)C12C(=O)c1ccccc1C2=O. The van der Waals surface area contributed by atoms with E-state index in [1.807, 2.05) is 0 Å². The molecule has 6 aromatic rings. The normalized spacial score (nSPS) is 23.4. The number of hydrogen-bond donors (Lipinski definition) is 1. The van der Waals surface area contributed by atoms with Crippen LogP contribution in [0.5, 0.6) is 23.0 Å². The third kappa shape index (κ3) is 6.29. The third-order valence-electron chi connectivity index (χ3n) is 16.7. The molecule has 15 heteroatoms. The first kappa shape index (κ1) is 49.8. The van der Waals surface area contributed by atoms with Crippen molar-refractivity contribution in [2.45, 2.75) is 35.8 Å². The molecule has 13 nitrogen and oxygen atoms in total. The van der Waals surface area contributed by atoms with Crippen LogP contribution < -0.4 is 18.9 Å². The van der Waals surface area contributed by atoms with Crippen LogP contribution in [0.4, 0.5) is 8.78 Å². The molecule has 0 radical (unpaired) electrons. The van der Waals surface area contributed by atoms with Crippen molar-refractivity contribution in [1.29, 1.82) is 0 Å². The summed E-state index contributed by atoms with van der Waals surface area (Å²) in [5.74, 6) is -2.16. The van der Waals surface area contributed by atoms with Gasteiger partial charge in [-0.2, -0.15) is 0 Å². The van der Waals surface area contributed by atoms with Crippen LogP contribution in [-0.4, -0.2) is 123 Å². The van der Waals surface area contributed by atoms with Gasteiger partial charge in [0.2, 0.25) is 0 Å². The van der Waals surface area contributed by atoms with Crippen molar-refractivity contribution in [3.05, 3.63) is 189 Å². The van der Waals surface area contributed by atoms with E-state index in [1.54, 1.807) is 121 Å². The zero-order valence-corrected chi connectivity index (χ0v) is 41.7. The van der Waals surface area contributed by atoms with Crippen molar-refractivity contribution in [3.8, 4) is 23.0 Å². The maximum absolute atomic E-state index is 14.6. The molecule has 4 spiro atoms. The Bertz CT molecular complexity index is 3080. The predicted molar refractivity (Wildman–Crippen MR) is 267 cm³/mol. The Labute approximate surface area is 425 Å². The van der Waals surface area contributed by atoms with Crippen LogP contribution >= 0.6 is 0 Å². The fourth-order valence-electron chi connectivity index (χ4n) is 13.7. The first-order valence-corrected chi connectivity index (χ1v) is 24.0. The van der Waals surface area contributed by atoms with Crippen LogP contribution in [0.25, 0.3) is 0 Å². The number of rotatable bonds is 6. The fourth-order valence-corrected chi connectivity index (χ4v) is 13.7. The van der Waals surface area contributed by atoms with Crippen molar-refractivity contribution < 1.29 is 61.6 Å². The highest BCUT2D eigenvalue weighted by Crippen LogP contribution is 2.66. The number of aliphatic hydroxyl groups is 1. The second-order valence-electron chi connectivity index (χ2n) is 19.5. The number of carbonyl (C=O) groups excluding carboxylic acids is 6. The zero-order chi connectivity index (χ0) is 52.8. The standard InChI is InChI=1S/2C29H24FNO5.CH4O/c2*1-31-15-22(16-8-10-18(30)11-9-16)28(29(31)26(33)19-6-4-5-7-20(19)27(29)34)14-17-12-23(35-2)24(36-3)13-21(17)25(28)32;1-2/h2*4-13,22H,14-15H2,1-3H3;2H,1H3/t2*22-,28+;/m11./s1. The second kappa shape index (κ2) is 18.0. The van der Waals surface area contributed by atoms with E-state index in [-0.39, 0.29) is 60.6 Å². The van der Waals surface area contributed by atoms with Gasteiger partial charge in [0.15, 0.2) is 68.8 Å². The zero-order valence-electron chi connectivity index (χ0n) is 41.7. The smallest absolute Gasteiger partial charge is 0.192 e. The van der Waals surface area contributed by atoms with Gasteiger partial charge in [-0.15, -0.1) is 0 Å². The van der Waals surface area contributed by atoms with Gasteiger partial charge in [-0.25, -0.2) is 8.78 Å². The molecular weight excluding hydrogens is 951 g/mol. The van der Waals surface area contributed by atoms with E-state index in [9.17, 15) is 37.5 Å². The van der Waals surface area contributed by atoms with Crippen LogP contribution in [0, 0.1) is 22.5 Å². The molecule has 0 bridgehead atoms. The van der Waals surface area contributed by atoms with Gasteiger partial charge in [0.05, 0.1) is 39.3 Å². The van der Waals surface area contributed by atoms with Crippen molar-refractivity contribution in [1.82, 2.24) is 9.80 Å². The fraction of sp³-hybridized carbons (Fsp3) is 0.288. The van der Waals surface area contributed by atoms with Crippen LogP contribution in [0.2, 0.25) is 0 Å². The van der Waals surface area contributed by atoms with Crippen molar-refractivity contribution >= 4 is 34.7 Å². The number of halogens is 2. The number of hydrogen-bond acceptors (Lipinski definition) is 13. The van der Waals surface area contributed by atoms with Gasteiger partial charge in [0.1, 0.15) is 11.6 Å². The highest BCUT2D eigenvalue weighted by Gasteiger charge is 2.79. The molecule has 4 aliphatic carbocycles. The van der Waals surface area contributed by atoms with E-state index in [0.29, 0.717) is 78.6 Å². The van der Waals surface area contributed by atoms with Gasteiger partial charge in [-0.05, 0) is 97.7 Å². The van der Waals surface area contributed by atoms with Crippen LogP contribution in [0.3, 0.4) is 0 Å². The number of likely N-dealkylation sites (tertiary alicyclic amines) is 2. The molecular formula is C59H52F2N2O11. The lowest BCUT2D eigenvalue weighted by Crippen LogP contribution is -2.63. The molecule has 0 unspecified atom stereocenters. The molecule has 2 heterocycles. The molecule has 378 valence electrons. The number of methoxy groups -OCH3 is 4. The Morgan fingerprint density at radius 1 is 0.432 bits per heavy atom. The van der Waals surface area contributed by atoms with Crippen molar-refractivity contribution in [2.24, 2.45) is 10.8 Å². The van der Waals surface area contributed by atoms with E-state index in [1.165, 1.54) is 52.7 Å². The van der Waals surface area contributed by atoms with E-state index < -0.39 is 45.4 Å². The molecule has 74 heavy (non-hydrogen) atoms. The first-order chi connectivity index (χ1) is 35.6. The van der Waals surface area contributed by atoms with Gasteiger partial charge in [0, 0.05) is 65.4 Å². The number of nitrogens with zero attached hydrogens (tertiary/aromatic N) is 2. The molecule has 2 saturated heterocycles. The van der Waals surface area contributed by atoms with Gasteiger partial charge in [-0.1, -0.05) is 72.8 Å². The summed E-state index contributed by atoms with van der Waals surface area (Å²) in [4.78, 5) is 89.7. The van der Waals surface area contributed by atoms with Gasteiger partial charge < -0.3 is 24.1 Å². The average molecular weight is 1000 g/mol. The number of carbonyl (C=O) groups is 6. The number of benzene rings is 6. The molecule has 2 aliphatic heterocycles. The molecule has 12 rings (SSSR count). The molecule has 4 atom stereocenters. The lowest BCUT2D eigenvalue weighted by molar-refractivity contribution is 0.0337. The number of Topliss-reactive ketones (excluding diaryl/α,β-unsaturated/α-hetero) is 6. The third-order valence-corrected chi connectivity index (χ3v) is 16.7. The maximum atomic E-state index is 14.6. The predicted octanol–water partition coefficient (Wildman–Crippen LogP) is 7.84. The number of fused-ring (bicyclic) bond motifs is 6. The quantitative estimate of drug-likeness (QED) is 0.161. The van der Waals surface area contributed by atoms with E-state index >= 15 is 0 Å². The average Bonchev–Trinajstić information content (AvgIpc) is 4.17. The molecule has 0 saturated carbocycles.